The highest BCUT2D eigenvalue weighted by molar-refractivity contribution is 6.08. The molecule has 0 saturated carbocycles. The molecule has 0 spiro atoms. The Kier molecular flexibility index (Phi) is 4.35. The minimum atomic E-state index is -1.46. The lowest BCUT2D eigenvalue weighted by Gasteiger charge is -2.25. The van der Waals surface area contributed by atoms with E-state index in [9.17, 15) is 9.18 Å². The zero-order valence-corrected chi connectivity index (χ0v) is 15.2. The molecule has 1 aromatic carbocycles. The summed E-state index contributed by atoms with van der Waals surface area (Å²) < 4.78 is 13.2. The van der Waals surface area contributed by atoms with Crippen LogP contribution in [0.25, 0.3) is 11.1 Å². The molecule has 0 fully saturated rings. The molecule has 1 aliphatic heterocycles. The third kappa shape index (κ3) is 2.72. The lowest BCUT2D eigenvalue weighted by atomic mass is 9.84. The Balaban J connectivity index is 1.95. The van der Waals surface area contributed by atoms with E-state index in [0.717, 1.165) is 11.1 Å². The zero-order valence-electron chi connectivity index (χ0n) is 15.2. The smallest absolute Gasteiger partial charge is 0.267 e. The van der Waals surface area contributed by atoms with Crippen LogP contribution in [0.5, 0.6) is 0 Å². The van der Waals surface area contributed by atoms with Gasteiger partial charge >= 0.3 is 0 Å². The van der Waals surface area contributed by atoms with Gasteiger partial charge in [0.1, 0.15) is 6.67 Å². The van der Waals surface area contributed by atoms with Gasteiger partial charge in [-0.05, 0) is 41.0 Å². The molecule has 2 aromatic heterocycles. The Morgan fingerprint density at radius 1 is 1.11 bits per heavy atom. The van der Waals surface area contributed by atoms with Crippen molar-refractivity contribution in [2.75, 3.05) is 7.05 Å². The number of rotatable bonds is 4. The number of guanidine groups is 1. The molecular formula is C21H18FN5O. The number of pyridine rings is 2. The second kappa shape index (κ2) is 6.84. The molecule has 3 aromatic rings. The first-order valence-electron chi connectivity index (χ1n) is 8.73. The molecule has 1 unspecified atom stereocenters. The number of halogens is 1. The van der Waals surface area contributed by atoms with E-state index < -0.39 is 12.2 Å². The van der Waals surface area contributed by atoms with Crippen LogP contribution in [0.2, 0.25) is 0 Å². The third-order valence-corrected chi connectivity index (χ3v) is 4.83. The number of likely N-dealkylation sites (N-methyl/N-ethyl adjacent to an activating group) is 1. The van der Waals surface area contributed by atoms with E-state index >= 15 is 0 Å². The van der Waals surface area contributed by atoms with E-state index in [1.54, 1.807) is 43.7 Å². The van der Waals surface area contributed by atoms with Crippen LogP contribution in [-0.4, -0.2) is 33.8 Å². The van der Waals surface area contributed by atoms with Gasteiger partial charge in [0.05, 0.1) is 11.4 Å². The lowest BCUT2D eigenvalue weighted by Crippen LogP contribution is -2.41. The molecule has 0 saturated heterocycles. The van der Waals surface area contributed by atoms with Crippen LogP contribution in [0.3, 0.4) is 0 Å². The minimum absolute atomic E-state index is 0.0873. The number of carbonyl (C=O) groups is 1. The molecule has 1 atom stereocenters. The fourth-order valence-electron chi connectivity index (χ4n) is 3.36. The Morgan fingerprint density at radius 2 is 1.89 bits per heavy atom. The highest BCUT2D eigenvalue weighted by Crippen LogP contribution is 2.39. The van der Waals surface area contributed by atoms with Crippen molar-refractivity contribution in [3.8, 4) is 11.1 Å². The van der Waals surface area contributed by atoms with Gasteiger partial charge in [-0.25, -0.2) is 9.38 Å². The maximum atomic E-state index is 13.3. The first-order valence-corrected chi connectivity index (χ1v) is 8.73. The van der Waals surface area contributed by atoms with E-state index in [1.807, 2.05) is 30.3 Å². The van der Waals surface area contributed by atoms with Gasteiger partial charge in [0, 0.05) is 19.4 Å². The molecule has 4 rings (SSSR count). The molecule has 0 radical (unpaired) electrons. The molecule has 6 nitrogen and oxygen atoms in total. The fourth-order valence-corrected chi connectivity index (χ4v) is 3.36. The lowest BCUT2D eigenvalue weighted by molar-refractivity contribution is -0.129. The van der Waals surface area contributed by atoms with Gasteiger partial charge in [-0.15, -0.1) is 0 Å². The number of hydrogen-bond donors (Lipinski definition) is 1. The maximum Gasteiger partial charge on any atom is 0.267 e. The summed E-state index contributed by atoms with van der Waals surface area (Å²) in [5.74, 6) is -0.249. The van der Waals surface area contributed by atoms with Gasteiger partial charge in [-0.3, -0.25) is 19.7 Å². The molecule has 0 bridgehead atoms. The van der Waals surface area contributed by atoms with E-state index in [4.69, 9.17) is 5.73 Å². The predicted molar refractivity (Wildman–Crippen MR) is 104 cm³/mol. The zero-order chi connectivity index (χ0) is 19.7. The summed E-state index contributed by atoms with van der Waals surface area (Å²) in [4.78, 5) is 27.6. The molecule has 7 heteroatoms. The summed E-state index contributed by atoms with van der Waals surface area (Å²) in [6.45, 7) is -0.733. The first kappa shape index (κ1) is 17.8. The number of nitrogens with zero attached hydrogens (tertiary/aromatic N) is 4. The number of nitrogens with two attached hydrogens (primary N) is 1. The Bertz CT molecular complexity index is 1070. The fraction of sp³-hybridized carbons (Fsp3) is 0.143. The molecule has 1 aliphatic rings. The topological polar surface area (TPSA) is 84.5 Å². The van der Waals surface area contributed by atoms with Crippen molar-refractivity contribution in [3.63, 3.8) is 0 Å². The predicted octanol–water partition coefficient (Wildman–Crippen LogP) is 2.64. The first-order chi connectivity index (χ1) is 13.6. The summed E-state index contributed by atoms with van der Waals surface area (Å²) in [7, 11) is 1.56. The van der Waals surface area contributed by atoms with E-state index in [1.165, 1.54) is 4.90 Å². The number of aliphatic imine (C=N–C) groups is 1. The van der Waals surface area contributed by atoms with Crippen molar-refractivity contribution < 1.29 is 9.18 Å². The van der Waals surface area contributed by atoms with Crippen molar-refractivity contribution in [1.29, 1.82) is 0 Å². The van der Waals surface area contributed by atoms with Gasteiger partial charge < -0.3 is 5.73 Å². The molecule has 140 valence electrons. The van der Waals surface area contributed by atoms with E-state index in [-0.39, 0.29) is 17.6 Å². The van der Waals surface area contributed by atoms with Crippen LogP contribution in [0.1, 0.15) is 17.0 Å². The average molecular weight is 375 g/mol. The van der Waals surface area contributed by atoms with Crippen molar-refractivity contribution in [1.82, 2.24) is 14.9 Å². The van der Waals surface area contributed by atoms with Crippen LogP contribution < -0.4 is 5.73 Å². The molecule has 3 heterocycles. The number of carbonyl (C=O) groups excluding carboxylic acids is 1. The third-order valence-electron chi connectivity index (χ3n) is 4.83. The Labute approximate surface area is 161 Å². The van der Waals surface area contributed by atoms with Crippen LogP contribution in [0.15, 0.2) is 72.0 Å². The van der Waals surface area contributed by atoms with Gasteiger partial charge in [-0.2, -0.15) is 0 Å². The highest BCUT2D eigenvalue weighted by atomic mass is 19.1. The van der Waals surface area contributed by atoms with Crippen LogP contribution in [0.4, 0.5) is 4.39 Å². The summed E-state index contributed by atoms with van der Waals surface area (Å²) in [5, 5.41) is 0. The van der Waals surface area contributed by atoms with E-state index in [2.05, 4.69) is 15.0 Å². The number of benzene rings is 1. The van der Waals surface area contributed by atoms with Gasteiger partial charge in [-0.1, -0.05) is 30.3 Å². The number of aromatic nitrogens is 2. The minimum Gasteiger partial charge on any atom is -0.369 e. The Morgan fingerprint density at radius 3 is 2.57 bits per heavy atom. The average Bonchev–Trinajstić information content (AvgIpc) is 2.99. The number of amides is 1. The Hall–Kier alpha value is -3.61. The quantitative estimate of drug-likeness (QED) is 0.760. The summed E-state index contributed by atoms with van der Waals surface area (Å²) >= 11 is 0. The van der Waals surface area contributed by atoms with Gasteiger partial charge in [0.25, 0.3) is 5.91 Å². The van der Waals surface area contributed by atoms with Crippen molar-refractivity contribution in [2.45, 2.75) is 12.2 Å². The molecular weight excluding hydrogens is 357 g/mol. The second-order valence-corrected chi connectivity index (χ2v) is 6.51. The van der Waals surface area contributed by atoms with E-state index in [0.29, 0.717) is 11.3 Å². The monoisotopic (exact) mass is 375 g/mol. The van der Waals surface area contributed by atoms with Crippen molar-refractivity contribution in [2.24, 2.45) is 10.7 Å². The van der Waals surface area contributed by atoms with Crippen molar-refractivity contribution in [3.05, 3.63) is 83.9 Å². The standard InChI is InChI=1S/C21H18FN5O/c1-27-19(28)21(26-20(27)23,18-9-3-8-17(12-22)25-18)16-7-2-5-14(11-16)15-6-4-10-24-13-15/h2-11,13H,12H2,1H3,(H2,23,26). The number of hydrogen-bond acceptors (Lipinski definition) is 5. The number of alkyl halides is 1. The molecule has 0 aliphatic carbocycles. The van der Waals surface area contributed by atoms with Crippen LogP contribution in [0, 0.1) is 0 Å². The largest absolute Gasteiger partial charge is 0.369 e. The highest BCUT2D eigenvalue weighted by Gasteiger charge is 2.50. The van der Waals surface area contributed by atoms with Crippen LogP contribution in [-0.2, 0) is 17.0 Å². The van der Waals surface area contributed by atoms with Gasteiger partial charge in [0.15, 0.2) is 5.96 Å². The maximum absolute atomic E-state index is 13.3. The molecule has 28 heavy (non-hydrogen) atoms. The van der Waals surface area contributed by atoms with Crippen molar-refractivity contribution >= 4 is 11.9 Å². The normalized spacial score (nSPS) is 19.0. The van der Waals surface area contributed by atoms with Gasteiger partial charge in [0.2, 0.25) is 5.54 Å². The summed E-state index contributed by atoms with van der Waals surface area (Å²) in [6, 6.07) is 16.1. The SMILES string of the molecule is CN1C(=O)C(c2cccc(-c3cccnc3)c2)(c2cccc(CF)n2)N=C1N. The molecule has 1 amide bonds. The second-order valence-electron chi connectivity index (χ2n) is 6.51. The summed E-state index contributed by atoms with van der Waals surface area (Å²) in [6.07, 6.45) is 3.44. The summed E-state index contributed by atoms with van der Waals surface area (Å²) in [5.41, 5.74) is 7.48. The van der Waals surface area contributed by atoms with Crippen LogP contribution >= 0.6 is 0 Å². The molecule has 2 N–H and O–H groups in total.